The Morgan fingerprint density at radius 2 is 0.510 bits per heavy atom. The van der Waals surface area contributed by atoms with Crippen LogP contribution in [0, 0.1) is 67.7 Å². The molecule has 0 aliphatic rings. The number of carbonyl (C=O) groups is 6. The molecule has 0 N–H and O–H groups in total. The van der Waals surface area contributed by atoms with Gasteiger partial charge in [0.05, 0.1) is 5.41 Å². The fourth-order valence-corrected chi connectivity index (χ4v) is 20.1. The van der Waals surface area contributed by atoms with E-state index in [1.807, 2.05) is 0 Å². The smallest absolute Gasteiger partial charge is 0.344 e. The maximum absolute atomic E-state index is 15.3. The van der Waals surface area contributed by atoms with Crippen LogP contribution in [0.15, 0.2) is 200 Å². The van der Waals surface area contributed by atoms with Crippen molar-refractivity contribution in [1.29, 1.82) is 0 Å². The topological polar surface area (TPSA) is 209 Å². The maximum Gasteiger partial charge on any atom is 0.344 e. The van der Waals surface area contributed by atoms with E-state index in [0.717, 1.165) is 0 Å². The average molecular weight is 1350 g/mol. The van der Waals surface area contributed by atoms with Gasteiger partial charge in [-0.05, 0) is 102 Å². The van der Waals surface area contributed by atoms with Crippen LogP contribution in [0.2, 0.25) is 0 Å². The van der Waals surface area contributed by atoms with Gasteiger partial charge in [-0.15, -0.1) is 0 Å². The highest BCUT2D eigenvalue weighted by Gasteiger charge is 2.42. The third-order valence-electron chi connectivity index (χ3n) is 17.3. The van der Waals surface area contributed by atoms with Crippen molar-refractivity contribution >= 4 is 87.7 Å². The lowest BCUT2D eigenvalue weighted by molar-refractivity contribution is -0.164. The molecule has 494 valence electrons. The molecule has 0 aliphatic heterocycles. The van der Waals surface area contributed by atoms with Gasteiger partial charge in [0.15, 0.2) is 19.8 Å². The van der Waals surface area contributed by atoms with Gasteiger partial charge in [-0.25, -0.2) is 14.4 Å². The first-order valence-corrected chi connectivity index (χ1v) is 36.5. The molecule has 0 radical (unpaired) electrons. The minimum absolute atomic E-state index is 0.100. The van der Waals surface area contributed by atoms with Crippen LogP contribution in [0.1, 0.15) is 94.5 Å². The highest BCUT2D eigenvalue weighted by Crippen LogP contribution is 2.52. The minimum atomic E-state index is -3.96. The Labute approximate surface area is 560 Å². The van der Waals surface area contributed by atoms with Crippen LogP contribution < -0.4 is 46.0 Å². The van der Waals surface area contributed by atoms with Gasteiger partial charge in [-0.1, -0.05) is 207 Å². The lowest BCUT2D eigenvalue weighted by Crippen LogP contribution is -2.40. The van der Waals surface area contributed by atoms with Crippen LogP contribution in [0.25, 0.3) is 0 Å². The van der Waals surface area contributed by atoms with Crippen molar-refractivity contribution in [2.45, 2.75) is 75.7 Å². The third kappa shape index (κ3) is 14.7. The van der Waals surface area contributed by atoms with Gasteiger partial charge < -0.3 is 42.1 Å². The summed E-state index contributed by atoms with van der Waals surface area (Å²) in [5, 5.41) is 2.13. The summed E-state index contributed by atoms with van der Waals surface area (Å²) in [5.74, 6) is -2.01. The summed E-state index contributed by atoms with van der Waals surface area (Å²) in [5.41, 5.74) is 1.83. The number of aryl methyl sites for hydroxylation is 6. The SMILES string of the molecule is CCC(COC(=O)COc1c(C)cc(C)c(C(=O)P(=O)(c2ccccc2)c2ccccc2)c1C)(COC(=O)COc1c(C)cc(C)c(C(=O)P(=O)(c2ccccc2)c2ccccc2)c1C)COC(=O)COc1c(C)cc(C)c(C(=O)P(=O)(c2ccccc2)c2ccccc2)c1C. The molecular weight excluding hydrogens is 1270 g/mol. The van der Waals surface area contributed by atoms with Crippen molar-refractivity contribution in [3.05, 3.63) is 267 Å². The Bertz CT molecular complexity index is 3950. The summed E-state index contributed by atoms with van der Waals surface area (Å²) < 4.78 is 82.1. The Hall–Kier alpha value is -9.51. The first-order valence-electron chi connectivity index (χ1n) is 31.4. The zero-order valence-corrected chi connectivity index (χ0v) is 58.2. The van der Waals surface area contributed by atoms with Gasteiger partial charge in [-0.3, -0.25) is 14.4 Å². The van der Waals surface area contributed by atoms with Crippen LogP contribution in [0.4, 0.5) is 0 Å². The second kappa shape index (κ2) is 30.5. The van der Waals surface area contributed by atoms with Crippen LogP contribution in [-0.4, -0.2) is 74.1 Å². The van der Waals surface area contributed by atoms with Gasteiger partial charge in [-0.2, -0.15) is 0 Å². The molecule has 0 fully saturated rings. The van der Waals surface area contributed by atoms with E-state index in [2.05, 4.69) is 0 Å². The van der Waals surface area contributed by atoms with E-state index in [1.54, 1.807) is 269 Å². The average Bonchev–Trinajstić information content (AvgIpc) is 0.764. The normalized spacial score (nSPS) is 11.7. The standard InChI is InChI=1S/C78H77O15P3/c1-11-78(48-91-66(79)45-88-72-54(5)42-51(2)69(57(72)8)75(82)94(85,60-30-18-12-19-31-60)61-32-20-13-21-33-61,49-92-67(80)46-89-73-55(6)43-52(3)70(58(73)9)76(83)95(86,62-34-22-14-23-35-62)63-36-24-15-25-37-63)50-93-68(81)47-90-74-56(7)44-53(4)71(59(74)10)77(84)96(87,64-38-26-16-27-39-64)65-40-28-17-29-41-65/h12-44H,11,45-50H2,1-10H3. The highest BCUT2D eigenvalue weighted by atomic mass is 31.2. The minimum Gasteiger partial charge on any atom is -0.481 e. The van der Waals surface area contributed by atoms with Crippen LogP contribution in [0.5, 0.6) is 17.2 Å². The second-order valence-corrected chi connectivity index (χ2v) is 31.9. The molecular formula is C78H77O15P3. The van der Waals surface area contributed by atoms with Gasteiger partial charge in [0.2, 0.25) is 38.0 Å². The number of ether oxygens (including phenoxy) is 6. The zero-order valence-electron chi connectivity index (χ0n) is 55.5. The fraction of sp³-hybridized carbons (Fsp3) is 0.231. The van der Waals surface area contributed by atoms with Gasteiger partial charge in [0.1, 0.15) is 37.1 Å². The summed E-state index contributed by atoms with van der Waals surface area (Å²) in [6.45, 7) is 13.8. The molecule has 0 aliphatic carbocycles. The van der Waals surface area contributed by atoms with Crippen LogP contribution in [0.3, 0.4) is 0 Å². The van der Waals surface area contributed by atoms with Gasteiger partial charge >= 0.3 is 17.9 Å². The van der Waals surface area contributed by atoms with E-state index >= 15 is 13.7 Å². The number of rotatable bonds is 28. The van der Waals surface area contributed by atoms with Crippen molar-refractivity contribution in [3.63, 3.8) is 0 Å². The first kappa shape index (κ1) is 70.8. The number of hydrogen-bond acceptors (Lipinski definition) is 15. The zero-order chi connectivity index (χ0) is 69.1. The molecule has 9 aromatic carbocycles. The molecule has 9 rings (SSSR count). The fourth-order valence-electron chi connectivity index (χ4n) is 12.3. The highest BCUT2D eigenvalue weighted by molar-refractivity contribution is 7.94. The van der Waals surface area contributed by atoms with Crippen molar-refractivity contribution in [2.24, 2.45) is 5.41 Å². The van der Waals surface area contributed by atoms with E-state index in [9.17, 15) is 28.8 Å². The van der Waals surface area contributed by atoms with Crippen LogP contribution >= 0.6 is 21.4 Å². The van der Waals surface area contributed by atoms with Crippen molar-refractivity contribution < 1.29 is 70.9 Å². The Kier molecular flexibility index (Phi) is 22.5. The van der Waals surface area contributed by atoms with Crippen molar-refractivity contribution in [1.82, 2.24) is 0 Å². The molecule has 15 nitrogen and oxygen atoms in total. The molecule has 0 saturated carbocycles. The summed E-state index contributed by atoms with van der Waals surface area (Å²) >= 11 is 0. The Balaban J connectivity index is 0.951. The number of esters is 3. The van der Waals surface area contributed by atoms with E-state index in [-0.39, 0.29) is 40.4 Å². The number of hydrogen-bond donors (Lipinski definition) is 0. The third-order valence-corrected chi connectivity index (χ3v) is 25.8. The van der Waals surface area contributed by atoms with Gasteiger partial charge in [0, 0.05) is 65.2 Å². The van der Waals surface area contributed by atoms with Gasteiger partial charge in [0.25, 0.3) is 0 Å². The molecule has 0 heterocycles. The maximum atomic E-state index is 15.3. The summed E-state index contributed by atoms with van der Waals surface area (Å²) in [6, 6.07) is 56.5. The molecule has 0 amide bonds. The predicted molar refractivity (Wildman–Crippen MR) is 376 cm³/mol. The lowest BCUT2D eigenvalue weighted by atomic mass is 9.88. The summed E-state index contributed by atoms with van der Waals surface area (Å²) in [7, 11) is -11.9. The predicted octanol–water partition coefficient (Wildman–Crippen LogP) is 13.5. The molecule has 9 aromatic rings. The Morgan fingerprint density at radius 1 is 0.312 bits per heavy atom. The molecule has 0 bridgehead atoms. The van der Waals surface area contributed by atoms with E-state index in [1.165, 1.54) is 0 Å². The quantitative estimate of drug-likeness (QED) is 0.0254. The lowest BCUT2D eigenvalue weighted by Gasteiger charge is -2.31. The molecule has 0 spiro atoms. The molecule has 0 unspecified atom stereocenters. The molecule has 0 saturated heterocycles. The summed E-state index contributed by atoms with van der Waals surface area (Å²) in [6.07, 6.45) is 0.100. The van der Waals surface area contributed by atoms with Crippen LogP contribution in [-0.2, 0) is 42.3 Å². The summed E-state index contributed by atoms with van der Waals surface area (Å²) in [4.78, 5) is 86.6. The van der Waals surface area contributed by atoms with Crippen molar-refractivity contribution in [3.8, 4) is 17.2 Å². The molecule has 18 heteroatoms. The molecule has 96 heavy (non-hydrogen) atoms. The second-order valence-electron chi connectivity index (χ2n) is 24.0. The largest absolute Gasteiger partial charge is 0.481 e. The van der Waals surface area contributed by atoms with E-state index in [4.69, 9.17) is 28.4 Å². The molecule has 0 atom stereocenters. The van der Waals surface area contributed by atoms with Crippen molar-refractivity contribution in [2.75, 3.05) is 39.6 Å². The van der Waals surface area contributed by atoms with E-state index in [0.29, 0.717) is 81.9 Å². The monoisotopic (exact) mass is 1350 g/mol. The van der Waals surface area contributed by atoms with E-state index < -0.39 is 101 Å². The molecule has 0 aromatic heterocycles. The Morgan fingerprint density at radius 3 is 0.698 bits per heavy atom. The number of benzene rings is 9. The number of carbonyl (C=O) groups excluding carboxylic acids is 6. The first-order chi connectivity index (χ1) is 45.9.